The number of anilines is 2. The number of pyridine rings is 2. The van der Waals surface area contributed by atoms with Gasteiger partial charge < -0.3 is 15.7 Å². The van der Waals surface area contributed by atoms with Crippen molar-refractivity contribution in [3.8, 4) is 5.75 Å². The summed E-state index contributed by atoms with van der Waals surface area (Å²) in [5.74, 6) is -0.598. The predicted octanol–water partition coefficient (Wildman–Crippen LogP) is 2.11. The predicted molar refractivity (Wildman–Crippen MR) is 111 cm³/mol. The number of amidine groups is 1. The van der Waals surface area contributed by atoms with E-state index < -0.39 is 15.6 Å². The second-order valence-corrected chi connectivity index (χ2v) is 8.10. The number of hydrogen-bond donors (Lipinski definition) is 3. The summed E-state index contributed by atoms with van der Waals surface area (Å²) >= 11 is 0. The molecule has 0 unspecified atom stereocenters. The molecule has 0 spiro atoms. The molecule has 0 saturated heterocycles. The fourth-order valence-corrected chi connectivity index (χ4v) is 4.54. The van der Waals surface area contributed by atoms with E-state index in [9.17, 15) is 18.3 Å². The number of sulfonamides is 1. The fraction of sp³-hybridized carbons (Fsp3) is 0.211. The van der Waals surface area contributed by atoms with E-state index in [1.54, 1.807) is 31.3 Å². The van der Waals surface area contributed by atoms with Gasteiger partial charge in [-0.3, -0.25) is 9.36 Å². The van der Waals surface area contributed by atoms with E-state index in [-0.39, 0.29) is 22.0 Å². The van der Waals surface area contributed by atoms with Gasteiger partial charge in [0.2, 0.25) is 0 Å². The molecule has 3 aromatic rings. The van der Waals surface area contributed by atoms with Crippen LogP contribution in [0.2, 0.25) is 0 Å². The van der Waals surface area contributed by atoms with E-state index in [1.165, 1.54) is 16.8 Å². The van der Waals surface area contributed by atoms with Crippen LogP contribution in [0.5, 0.6) is 5.75 Å². The second-order valence-electron chi connectivity index (χ2n) is 6.52. The zero-order chi connectivity index (χ0) is 20.8. The first kappa shape index (κ1) is 18.9. The SMILES string of the molecule is CCCn1c(=O)c(C2=NS(=O)(=O)c3ccccc3N2)c(O)c2c(NC)ccnc21. The van der Waals surface area contributed by atoms with Crippen LogP contribution in [0.3, 0.4) is 0 Å². The van der Waals surface area contributed by atoms with Crippen LogP contribution in [-0.4, -0.2) is 36.0 Å². The van der Waals surface area contributed by atoms with Gasteiger partial charge in [0, 0.05) is 19.8 Å². The minimum atomic E-state index is -4.03. The molecule has 0 bridgehead atoms. The maximum Gasteiger partial charge on any atom is 0.286 e. The highest BCUT2D eigenvalue weighted by Crippen LogP contribution is 2.34. The standard InChI is InChI=1S/C19H19N5O4S/c1-3-10-24-18-14(12(20-2)8-9-21-18)16(25)15(19(24)26)17-22-11-6-4-5-7-13(11)29(27,28)23-17/h4-9,25H,3,10H2,1-2H3,(H,20,21)(H,22,23). The summed E-state index contributed by atoms with van der Waals surface area (Å²) in [6, 6.07) is 7.92. The van der Waals surface area contributed by atoms with Gasteiger partial charge in [0.05, 0.1) is 16.8 Å². The topological polar surface area (TPSA) is 126 Å². The molecular formula is C19H19N5O4S. The zero-order valence-electron chi connectivity index (χ0n) is 15.8. The lowest BCUT2D eigenvalue weighted by Gasteiger charge is -2.20. The Balaban J connectivity index is 2.08. The highest BCUT2D eigenvalue weighted by Gasteiger charge is 2.30. The number of fused-ring (bicyclic) bond motifs is 2. The van der Waals surface area contributed by atoms with E-state index in [4.69, 9.17) is 0 Å². The van der Waals surface area contributed by atoms with Crippen molar-refractivity contribution in [3.05, 3.63) is 52.4 Å². The van der Waals surface area contributed by atoms with Gasteiger partial charge in [0.1, 0.15) is 21.9 Å². The molecule has 0 aliphatic carbocycles. The van der Waals surface area contributed by atoms with E-state index in [2.05, 4.69) is 20.0 Å². The summed E-state index contributed by atoms with van der Waals surface area (Å²) in [5, 5.41) is 17.2. The number of aromatic nitrogens is 2. The lowest BCUT2D eigenvalue weighted by atomic mass is 10.1. The molecule has 29 heavy (non-hydrogen) atoms. The van der Waals surface area contributed by atoms with Gasteiger partial charge in [0.25, 0.3) is 15.6 Å². The highest BCUT2D eigenvalue weighted by molar-refractivity contribution is 7.90. The Kier molecular flexibility index (Phi) is 4.50. The van der Waals surface area contributed by atoms with E-state index in [1.807, 2.05) is 6.92 Å². The van der Waals surface area contributed by atoms with E-state index >= 15 is 0 Å². The number of nitrogens with zero attached hydrogens (tertiary/aromatic N) is 3. The Bertz CT molecular complexity index is 1330. The molecule has 0 fully saturated rings. The molecule has 0 amide bonds. The van der Waals surface area contributed by atoms with Crippen molar-refractivity contribution in [1.82, 2.24) is 9.55 Å². The summed E-state index contributed by atoms with van der Waals surface area (Å²) in [6.45, 7) is 2.25. The van der Waals surface area contributed by atoms with Crippen molar-refractivity contribution in [2.75, 3.05) is 17.7 Å². The molecule has 1 aliphatic rings. The summed E-state index contributed by atoms with van der Waals surface area (Å²) in [5.41, 5.74) is 0.369. The van der Waals surface area contributed by atoms with Gasteiger partial charge in [-0.2, -0.15) is 8.42 Å². The van der Waals surface area contributed by atoms with Crippen molar-refractivity contribution in [2.24, 2.45) is 4.40 Å². The summed E-state index contributed by atoms with van der Waals surface area (Å²) in [7, 11) is -2.35. The average Bonchev–Trinajstić information content (AvgIpc) is 2.70. The first-order valence-electron chi connectivity index (χ1n) is 9.02. The fourth-order valence-electron chi connectivity index (χ4n) is 3.42. The lowest BCUT2D eigenvalue weighted by molar-refractivity contribution is 0.477. The number of aryl methyl sites for hydroxylation is 1. The molecule has 9 nitrogen and oxygen atoms in total. The molecule has 10 heteroatoms. The first-order valence-corrected chi connectivity index (χ1v) is 10.5. The molecule has 2 aromatic heterocycles. The number of nitrogens with one attached hydrogen (secondary N) is 2. The molecule has 0 radical (unpaired) electrons. The Morgan fingerprint density at radius 2 is 2.00 bits per heavy atom. The maximum absolute atomic E-state index is 13.2. The van der Waals surface area contributed by atoms with Gasteiger partial charge >= 0.3 is 0 Å². The molecule has 1 aromatic carbocycles. The van der Waals surface area contributed by atoms with Gasteiger partial charge in [-0.05, 0) is 24.6 Å². The molecule has 3 N–H and O–H groups in total. The monoisotopic (exact) mass is 413 g/mol. The number of benzene rings is 1. The van der Waals surface area contributed by atoms with Gasteiger partial charge in [-0.15, -0.1) is 4.40 Å². The van der Waals surface area contributed by atoms with Crippen LogP contribution in [0.15, 0.2) is 50.6 Å². The van der Waals surface area contributed by atoms with Crippen LogP contribution in [0.1, 0.15) is 18.9 Å². The molecule has 1 aliphatic heterocycles. The minimum Gasteiger partial charge on any atom is -0.506 e. The number of aromatic hydroxyl groups is 1. The Labute approximate surface area is 166 Å². The second kappa shape index (κ2) is 6.89. The third-order valence-corrected chi connectivity index (χ3v) is 6.04. The molecule has 0 saturated carbocycles. The first-order chi connectivity index (χ1) is 13.9. The molecule has 150 valence electrons. The van der Waals surface area contributed by atoms with Crippen LogP contribution in [-0.2, 0) is 16.6 Å². The van der Waals surface area contributed by atoms with Crippen molar-refractivity contribution in [2.45, 2.75) is 24.8 Å². The normalized spacial score (nSPS) is 14.8. The quantitative estimate of drug-likeness (QED) is 0.598. The summed E-state index contributed by atoms with van der Waals surface area (Å²) in [4.78, 5) is 17.5. The van der Waals surface area contributed by atoms with Gasteiger partial charge in [0.15, 0.2) is 5.84 Å². The van der Waals surface area contributed by atoms with Crippen LogP contribution in [0.25, 0.3) is 11.0 Å². The molecular weight excluding hydrogens is 394 g/mol. The van der Waals surface area contributed by atoms with Crippen molar-refractivity contribution >= 4 is 38.3 Å². The molecule has 0 atom stereocenters. The van der Waals surface area contributed by atoms with E-state index in [0.29, 0.717) is 35.4 Å². The smallest absolute Gasteiger partial charge is 0.286 e. The van der Waals surface area contributed by atoms with Crippen LogP contribution in [0, 0.1) is 0 Å². The van der Waals surface area contributed by atoms with Crippen molar-refractivity contribution in [3.63, 3.8) is 0 Å². The Morgan fingerprint density at radius 1 is 1.24 bits per heavy atom. The highest BCUT2D eigenvalue weighted by atomic mass is 32.2. The van der Waals surface area contributed by atoms with Gasteiger partial charge in [-0.1, -0.05) is 19.1 Å². The van der Waals surface area contributed by atoms with Crippen LogP contribution >= 0.6 is 0 Å². The molecule has 3 heterocycles. The van der Waals surface area contributed by atoms with Crippen LogP contribution < -0.4 is 16.2 Å². The lowest BCUT2D eigenvalue weighted by Crippen LogP contribution is -2.33. The van der Waals surface area contributed by atoms with Crippen molar-refractivity contribution in [1.29, 1.82) is 0 Å². The summed E-state index contributed by atoms with van der Waals surface area (Å²) < 4.78 is 30.5. The third-order valence-electron chi connectivity index (χ3n) is 4.70. The maximum atomic E-state index is 13.2. The zero-order valence-corrected chi connectivity index (χ0v) is 16.6. The molecule has 4 rings (SSSR count). The average molecular weight is 413 g/mol. The number of hydrogen-bond acceptors (Lipinski definition) is 7. The Hall–Kier alpha value is -3.40. The number of rotatable bonds is 4. The largest absolute Gasteiger partial charge is 0.506 e. The van der Waals surface area contributed by atoms with E-state index in [0.717, 1.165) is 0 Å². The minimum absolute atomic E-state index is 0.00972. The summed E-state index contributed by atoms with van der Waals surface area (Å²) in [6.07, 6.45) is 2.18. The van der Waals surface area contributed by atoms with Gasteiger partial charge in [-0.25, -0.2) is 4.98 Å². The number of para-hydroxylation sites is 1. The van der Waals surface area contributed by atoms with Crippen molar-refractivity contribution < 1.29 is 13.5 Å². The third kappa shape index (κ3) is 2.92. The Morgan fingerprint density at radius 3 is 2.72 bits per heavy atom. The van der Waals surface area contributed by atoms with Crippen LogP contribution in [0.4, 0.5) is 11.4 Å².